The average Bonchev–Trinajstić information content (AvgIpc) is 2.79. The van der Waals surface area contributed by atoms with Crippen LogP contribution in [-0.4, -0.2) is 56.4 Å². The molecule has 172 valence electrons. The first kappa shape index (κ1) is 23.7. The lowest BCUT2D eigenvalue weighted by Crippen LogP contribution is -2.35. The van der Waals surface area contributed by atoms with Crippen LogP contribution < -0.4 is 10.1 Å². The van der Waals surface area contributed by atoms with Crippen LogP contribution in [-0.2, 0) is 14.8 Å². The molecule has 1 N–H and O–H groups in total. The highest BCUT2D eigenvalue weighted by Crippen LogP contribution is 2.30. The highest BCUT2D eigenvalue weighted by atomic mass is 32.2. The van der Waals surface area contributed by atoms with Crippen molar-refractivity contribution < 1.29 is 27.5 Å². The number of rotatable bonds is 7. The highest BCUT2D eigenvalue weighted by molar-refractivity contribution is 7.89. The van der Waals surface area contributed by atoms with Crippen molar-refractivity contribution in [3.63, 3.8) is 0 Å². The van der Waals surface area contributed by atoms with E-state index in [0.29, 0.717) is 24.5 Å². The number of aromatic nitrogens is 1. The van der Waals surface area contributed by atoms with E-state index in [1.807, 2.05) is 0 Å². The molecule has 0 unspecified atom stereocenters. The Balaban J connectivity index is 1.86. The smallest absolute Gasteiger partial charge is 0.339 e. The van der Waals surface area contributed by atoms with Gasteiger partial charge in [0.1, 0.15) is 11.4 Å². The maximum absolute atomic E-state index is 13.0. The fraction of sp³-hybridized carbons (Fsp3) is 0.409. The van der Waals surface area contributed by atoms with Crippen LogP contribution in [0.1, 0.15) is 52.7 Å². The molecule has 1 aromatic carbocycles. The Morgan fingerprint density at radius 2 is 1.84 bits per heavy atom. The number of aryl methyl sites for hydroxylation is 1. The van der Waals surface area contributed by atoms with Gasteiger partial charge in [0.05, 0.1) is 35.6 Å². The first-order valence-electron chi connectivity index (χ1n) is 10.4. The molecule has 2 aromatic rings. The number of benzene rings is 1. The van der Waals surface area contributed by atoms with Crippen LogP contribution in [0.15, 0.2) is 35.2 Å². The van der Waals surface area contributed by atoms with E-state index in [9.17, 15) is 18.0 Å². The predicted molar refractivity (Wildman–Crippen MR) is 118 cm³/mol. The lowest BCUT2D eigenvalue weighted by Gasteiger charge is -2.26. The summed E-state index contributed by atoms with van der Waals surface area (Å²) >= 11 is 0. The summed E-state index contributed by atoms with van der Waals surface area (Å²) in [6, 6.07) is 7.25. The second kappa shape index (κ2) is 10.1. The summed E-state index contributed by atoms with van der Waals surface area (Å²) in [4.78, 5) is 29.0. The fourth-order valence-corrected chi connectivity index (χ4v) is 5.04. The molecule has 3 rings (SSSR count). The van der Waals surface area contributed by atoms with Crippen molar-refractivity contribution in [2.75, 3.05) is 32.1 Å². The number of hydrogen-bond donors (Lipinski definition) is 1. The maximum Gasteiger partial charge on any atom is 0.339 e. The second-order valence-electron chi connectivity index (χ2n) is 7.33. The number of carbonyl (C=O) groups is 2. The zero-order valence-corrected chi connectivity index (χ0v) is 19.2. The summed E-state index contributed by atoms with van der Waals surface area (Å²) in [5, 5.41) is 2.67. The molecule has 32 heavy (non-hydrogen) atoms. The summed E-state index contributed by atoms with van der Waals surface area (Å²) in [6.07, 6.45) is 2.66. The zero-order chi connectivity index (χ0) is 23.3. The lowest BCUT2D eigenvalue weighted by molar-refractivity contribution is 0.0524. The number of sulfonamides is 1. The normalized spacial score (nSPS) is 14.6. The van der Waals surface area contributed by atoms with Gasteiger partial charge in [-0.05, 0) is 57.0 Å². The van der Waals surface area contributed by atoms with Gasteiger partial charge >= 0.3 is 5.97 Å². The topological polar surface area (TPSA) is 115 Å². The molecule has 1 aliphatic rings. The van der Waals surface area contributed by atoms with Crippen molar-refractivity contribution in [3.8, 4) is 5.75 Å². The quantitative estimate of drug-likeness (QED) is 0.630. The Morgan fingerprint density at radius 1 is 1.12 bits per heavy atom. The number of piperidine rings is 1. The van der Waals surface area contributed by atoms with Crippen molar-refractivity contribution in [2.24, 2.45) is 0 Å². The zero-order valence-electron chi connectivity index (χ0n) is 18.4. The second-order valence-corrected chi connectivity index (χ2v) is 9.27. The molecule has 1 aromatic heterocycles. The molecule has 0 bridgehead atoms. The Bertz CT molecular complexity index is 1110. The minimum absolute atomic E-state index is 0.0712. The van der Waals surface area contributed by atoms with Gasteiger partial charge < -0.3 is 14.8 Å². The summed E-state index contributed by atoms with van der Waals surface area (Å²) < 4.78 is 37.7. The third-order valence-corrected chi connectivity index (χ3v) is 7.08. The number of pyridine rings is 1. The molecule has 1 amide bonds. The molecule has 0 aliphatic carbocycles. The van der Waals surface area contributed by atoms with Crippen LogP contribution in [0.3, 0.4) is 0 Å². The van der Waals surface area contributed by atoms with E-state index in [-0.39, 0.29) is 28.4 Å². The summed E-state index contributed by atoms with van der Waals surface area (Å²) in [5.74, 6) is -0.758. The Hall–Kier alpha value is -2.98. The highest BCUT2D eigenvalue weighted by Gasteiger charge is 2.27. The fourth-order valence-electron chi connectivity index (χ4n) is 3.50. The first-order valence-corrected chi connectivity index (χ1v) is 11.9. The maximum atomic E-state index is 13.0. The van der Waals surface area contributed by atoms with Gasteiger partial charge in [-0.15, -0.1) is 0 Å². The van der Waals surface area contributed by atoms with Gasteiger partial charge in [-0.25, -0.2) is 18.2 Å². The lowest BCUT2D eigenvalue weighted by atomic mass is 10.2. The van der Waals surface area contributed by atoms with Gasteiger partial charge in [-0.3, -0.25) is 4.79 Å². The van der Waals surface area contributed by atoms with Crippen LogP contribution in [0.5, 0.6) is 5.75 Å². The third kappa shape index (κ3) is 5.08. The van der Waals surface area contributed by atoms with E-state index >= 15 is 0 Å². The monoisotopic (exact) mass is 461 g/mol. The molecule has 1 fully saturated rings. The van der Waals surface area contributed by atoms with Gasteiger partial charge in [0.15, 0.2) is 0 Å². The van der Waals surface area contributed by atoms with E-state index in [1.54, 1.807) is 13.8 Å². The number of carbonyl (C=O) groups excluding carboxylic acids is 2. The minimum atomic E-state index is -3.68. The summed E-state index contributed by atoms with van der Waals surface area (Å²) in [5.41, 5.74) is 0.909. The number of nitrogens with zero attached hydrogens (tertiary/aromatic N) is 2. The number of amides is 1. The molecule has 0 saturated carbocycles. The number of esters is 1. The minimum Gasteiger partial charge on any atom is -0.495 e. The summed E-state index contributed by atoms with van der Waals surface area (Å²) in [7, 11) is -2.25. The SMILES string of the molecule is CCOC(=O)c1ccc(C(=O)Nc2cc(S(=O)(=O)N3CCCCC3)ccc2OC)nc1C. The van der Waals surface area contributed by atoms with E-state index < -0.39 is 21.9 Å². The van der Waals surface area contributed by atoms with Crippen molar-refractivity contribution in [1.29, 1.82) is 0 Å². The number of anilines is 1. The molecule has 10 heteroatoms. The van der Waals surface area contributed by atoms with Crippen LogP contribution in [0.4, 0.5) is 5.69 Å². The van der Waals surface area contributed by atoms with Gasteiger partial charge in [0.2, 0.25) is 10.0 Å². The molecule has 0 atom stereocenters. The van der Waals surface area contributed by atoms with Crippen LogP contribution in [0.25, 0.3) is 0 Å². The molecule has 1 saturated heterocycles. The van der Waals surface area contributed by atoms with E-state index in [2.05, 4.69) is 10.3 Å². The standard InChI is InChI=1S/C22H27N3O6S/c1-4-31-22(27)17-9-10-18(23-15(17)2)21(26)24-19-14-16(8-11-20(19)30-3)32(28,29)25-12-6-5-7-13-25/h8-11,14H,4-7,12-13H2,1-3H3,(H,24,26). The Kier molecular flexibility index (Phi) is 7.47. The van der Waals surface area contributed by atoms with Crippen LogP contribution in [0, 0.1) is 6.92 Å². The predicted octanol–water partition coefficient (Wildman–Crippen LogP) is 3.00. The Labute approximate surface area is 187 Å². The molecule has 2 heterocycles. The molecule has 0 radical (unpaired) electrons. The van der Waals surface area contributed by atoms with Gasteiger partial charge in [0.25, 0.3) is 5.91 Å². The van der Waals surface area contributed by atoms with Crippen molar-refractivity contribution in [2.45, 2.75) is 38.0 Å². The van der Waals surface area contributed by atoms with Crippen molar-refractivity contribution >= 4 is 27.6 Å². The number of nitrogens with one attached hydrogen (secondary N) is 1. The molecule has 0 spiro atoms. The molecular weight excluding hydrogens is 434 g/mol. The van der Waals surface area contributed by atoms with Gasteiger partial charge in [0, 0.05) is 13.1 Å². The molecule has 1 aliphatic heterocycles. The molecule has 9 nitrogen and oxygen atoms in total. The number of ether oxygens (including phenoxy) is 2. The Morgan fingerprint density at radius 3 is 2.47 bits per heavy atom. The average molecular weight is 462 g/mol. The largest absolute Gasteiger partial charge is 0.495 e. The van der Waals surface area contributed by atoms with Gasteiger partial charge in [-0.2, -0.15) is 4.31 Å². The van der Waals surface area contributed by atoms with E-state index in [4.69, 9.17) is 9.47 Å². The van der Waals surface area contributed by atoms with Crippen molar-refractivity contribution in [1.82, 2.24) is 9.29 Å². The first-order chi connectivity index (χ1) is 15.3. The van der Waals surface area contributed by atoms with Gasteiger partial charge in [-0.1, -0.05) is 6.42 Å². The number of hydrogen-bond acceptors (Lipinski definition) is 7. The molecular formula is C22H27N3O6S. The van der Waals surface area contributed by atoms with Crippen molar-refractivity contribution in [3.05, 3.63) is 47.3 Å². The summed E-state index contributed by atoms with van der Waals surface area (Å²) in [6.45, 7) is 4.50. The third-order valence-electron chi connectivity index (χ3n) is 5.19. The van der Waals surface area contributed by atoms with Crippen LogP contribution in [0.2, 0.25) is 0 Å². The van der Waals surface area contributed by atoms with E-state index in [1.165, 1.54) is 41.7 Å². The number of methoxy groups -OCH3 is 1. The van der Waals surface area contributed by atoms with Crippen LogP contribution >= 0.6 is 0 Å². The van der Waals surface area contributed by atoms with E-state index in [0.717, 1.165) is 19.3 Å².